The summed E-state index contributed by atoms with van der Waals surface area (Å²) in [6.07, 6.45) is 9.30. The molecule has 0 aromatic carbocycles. The second-order valence-electron chi connectivity index (χ2n) is 5.21. The van der Waals surface area contributed by atoms with Gasteiger partial charge in [0.2, 0.25) is 0 Å². The van der Waals surface area contributed by atoms with Gasteiger partial charge in [-0.15, -0.1) is 0 Å². The molecule has 1 aromatic rings. The van der Waals surface area contributed by atoms with Gasteiger partial charge in [0.1, 0.15) is 0 Å². The summed E-state index contributed by atoms with van der Waals surface area (Å²) in [7, 11) is 0. The molecule has 1 atom stereocenters. The Labute approximate surface area is 111 Å². The van der Waals surface area contributed by atoms with E-state index < -0.39 is 0 Å². The van der Waals surface area contributed by atoms with Gasteiger partial charge in [-0.25, -0.2) is 0 Å². The number of rotatable bonds is 5. The Morgan fingerprint density at radius 1 is 1.17 bits per heavy atom. The van der Waals surface area contributed by atoms with Crippen LogP contribution in [0.25, 0.3) is 0 Å². The molecule has 0 saturated carbocycles. The molecule has 3 heteroatoms. The standard InChI is InChI=1S/C15H25N3/c1-14(15-6-8-16-9-7-15)17-10-13-18-11-4-2-3-5-12-18/h6-9,14,17H,2-5,10-13H2,1H3. The minimum atomic E-state index is 0.417. The monoisotopic (exact) mass is 247 g/mol. The van der Waals surface area contributed by atoms with Crippen molar-refractivity contribution >= 4 is 0 Å². The number of nitrogens with one attached hydrogen (secondary N) is 1. The van der Waals surface area contributed by atoms with Crippen LogP contribution in [0.1, 0.15) is 44.2 Å². The van der Waals surface area contributed by atoms with E-state index in [0.717, 1.165) is 6.54 Å². The summed E-state index contributed by atoms with van der Waals surface area (Å²) in [5.41, 5.74) is 1.32. The average molecular weight is 247 g/mol. The molecule has 2 heterocycles. The lowest BCUT2D eigenvalue weighted by atomic mass is 10.1. The molecule has 3 nitrogen and oxygen atoms in total. The summed E-state index contributed by atoms with van der Waals surface area (Å²) in [4.78, 5) is 6.65. The Morgan fingerprint density at radius 3 is 2.50 bits per heavy atom. The molecule has 0 bridgehead atoms. The largest absolute Gasteiger partial charge is 0.309 e. The van der Waals surface area contributed by atoms with Gasteiger partial charge in [-0.05, 0) is 50.6 Å². The molecular weight excluding hydrogens is 222 g/mol. The first kappa shape index (κ1) is 13.5. The second kappa shape index (κ2) is 7.49. The Morgan fingerprint density at radius 2 is 1.83 bits per heavy atom. The quantitative estimate of drug-likeness (QED) is 0.867. The number of nitrogens with zero attached hydrogens (tertiary/aromatic N) is 2. The number of hydrogen-bond acceptors (Lipinski definition) is 3. The molecule has 100 valence electrons. The van der Waals surface area contributed by atoms with Crippen molar-refractivity contribution in [2.24, 2.45) is 0 Å². The first-order valence-electron chi connectivity index (χ1n) is 7.22. The molecule has 0 amide bonds. The maximum atomic E-state index is 4.06. The van der Waals surface area contributed by atoms with Crippen molar-refractivity contribution in [3.63, 3.8) is 0 Å². The molecule has 1 aliphatic heterocycles. The zero-order valence-corrected chi connectivity index (χ0v) is 11.4. The fourth-order valence-corrected chi connectivity index (χ4v) is 2.57. The molecule has 1 fully saturated rings. The molecule has 1 unspecified atom stereocenters. The normalized spacial score (nSPS) is 19.4. The third-order valence-electron chi connectivity index (χ3n) is 3.78. The van der Waals surface area contributed by atoms with Crippen LogP contribution in [-0.2, 0) is 0 Å². The van der Waals surface area contributed by atoms with Gasteiger partial charge in [0, 0.05) is 31.5 Å². The van der Waals surface area contributed by atoms with Crippen molar-refractivity contribution in [2.75, 3.05) is 26.2 Å². The van der Waals surface area contributed by atoms with E-state index in [1.807, 2.05) is 12.4 Å². The van der Waals surface area contributed by atoms with E-state index in [1.165, 1.54) is 50.9 Å². The lowest BCUT2D eigenvalue weighted by Crippen LogP contribution is -2.33. The van der Waals surface area contributed by atoms with Gasteiger partial charge in [-0.2, -0.15) is 0 Å². The minimum absolute atomic E-state index is 0.417. The van der Waals surface area contributed by atoms with Crippen LogP contribution < -0.4 is 5.32 Å². The van der Waals surface area contributed by atoms with E-state index >= 15 is 0 Å². The lowest BCUT2D eigenvalue weighted by Gasteiger charge is -2.21. The topological polar surface area (TPSA) is 28.2 Å². The molecular formula is C15H25N3. The highest BCUT2D eigenvalue weighted by Crippen LogP contribution is 2.11. The third kappa shape index (κ3) is 4.39. The first-order chi connectivity index (χ1) is 8.86. The zero-order valence-electron chi connectivity index (χ0n) is 11.4. The van der Waals surface area contributed by atoms with E-state index in [9.17, 15) is 0 Å². The number of pyridine rings is 1. The van der Waals surface area contributed by atoms with Gasteiger partial charge < -0.3 is 10.2 Å². The maximum absolute atomic E-state index is 4.06. The highest BCUT2D eigenvalue weighted by Gasteiger charge is 2.09. The summed E-state index contributed by atoms with van der Waals surface area (Å²) >= 11 is 0. The fraction of sp³-hybridized carbons (Fsp3) is 0.667. The Kier molecular flexibility index (Phi) is 5.62. The summed E-state index contributed by atoms with van der Waals surface area (Å²) in [6, 6.07) is 4.59. The first-order valence-corrected chi connectivity index (χ1v) is 7.22. The molecule has 0 aliphatic carbocycles. The van der Waals surface area contributed by atoms with Crippen LogP contribution in [0.2, 0.25) is 0 Å². The number of hydrogen-bond donors (Lipinski definition) is 1. The van der Waals surface area contributed by atoms with Crippen molar-refractivity contribution < 1.29 is 0 Å². The van der Waals surface area contributed by atoms with Gasteiger partial charge in [-0.1, -0.05) is 12.8 Å². The molecule has 1 saturated heterocycles. The van der Waals surface area contributed by atoms with E-state index in [-0.39, 0.29) is 0 Å². The molecule has 18 heavy (non-hydrogen) atoms. The van der Waals surface area contributed by atoms with Crippen molar-refractivity contribution in [3.05, 3.63) is 30.1 Å². The minimum Gasteiger partial charge on any atom is -0.309 e. The Bertz CT molecular complexity index is 318. The van der Waals surface area contributed by atoms with Crippen molar-refractivity contribution in [2.45, 2.75) is 38.6 Å². The van der Waals surface area contributed by atoms with Gasteiger partial charge in [0.15, 0.2) is 0 Å². The highest BCUT2D eigenvalue weighted by atomic mass is 15.1. The molecule has 1 aromatic heterocycles. The average Bonchev–Trinajstić information content (AvgIpc) is 2.68. The summed E-state index contributed by atoms with van der Waals surface area (Å²) in [6.45, 7) is 7.04. The summed E-state index contributed by atoms with van der Waals surface area (Å²) in [5.74, 6) is 0. The Balaban J connectivity index is 1.68. The molecule has 1 N–H and O–H groups in total. The molecule has 2 rings (SSSR count). The van der Waals surface area contributed by atoms with Crippen LogP contribution in [0, 0.1) is 0 Å². The van der Waals surface area contributed by atoms with E-state index in [2.05, 4.69) is 34.3 Å². The highest BCUT2D eigenvalue weighted by molar-refractivity contribution is 5.13. The van der Waals surface area contributed by atoms with Crippen molar-refractivity contribution in [1.82, 2.24) is 15.2 Å². The predicted octanol–water partition coefficient (Wildman–Crippen LogP) is 2.61. The molecule has 1 aliphatic rings. The van der Waals surface area contributed by atoms with Gasteiger partial charge in [-0.3, -0.25) is 4.98 Å². The third-order valence-corrected chi connectivity index (χ3v) is 3.78. The maximum Gasteiger partial charge on any atom is 0.0293 e. The van der Waals surface area contributed by atoms with Crippen LogP contribution >= 0.6 is 0 Å². The number of aromatic nitrogens is 1. The van der Waals surface area contributed by atoms with Gasteiger partial charge in [0.05, 0.1) is 0 Å². The van der Waals surface area contributed by atoms with Crippen LogP contribution in [0.3, 0.4) is 0 Å². The van der Waals surface area contributed by atoms with Gasteiger partial charge in [0.25, 0.3) is 0 Å². The van der Waals surface area contributed by atoms with E-state index in [4.69, 9.17) is 0 Å². The second-order valence-corrected chi connectivity index (χ2v) is 5.21. The van der Waals surface area contributed by atoms with Crippen molar-refractivity contribution in [3.8, 4) is 0 Å². The summed E-state index contributed by atoms with van der Waals surface area (Å²) in [5, 5.41) is 3.60. The van der Waals surface area contributed by atoms with E-state index in [0.29, 0.717) is 6.04 Å². The number of likely N-dealkylation sites (tertiary alicyclic amines) is 1. The zero-order chi connectivity index (χ0) is 12.6. The van der Waals surface area contributed by atoms with Crippen molar-refractivity contribution in [1.29, 1.82) is 0 Å². The molecule has 0 radical (unpaired) electrons. The van der Waals surface area contributed by atoms with Crippen LogP contribution in [0.15, 0.2) is 24.5 Å². The Hall–Kier alpha value is -0.930. The summed E-state index contributed by atoms with van der Waals surface area (Å²) < 4.78 is 0. The fourth-order valence-electron chi connectivity index (χ4n) is 2.57. The van der Waals surface area contributed by atoms with Gasteiger partial charge >= 0.3 is 0 Å². The molecule has 0 spiro atoms. The van der Waals surface area contributed by atoms with Crippen LogP contribution in [0.5, 0.6) is 0 Å². The van der Waals surface area contributed by atoms with E-state index in [1.54, 1.807) is 0 Å². The SMILES string of the molecule is CC(NCCN1CCCCCC1)c1ccncc1. The predicted molar refractivity (Wildman–Crippen MR) is 75.6 cm³/mol. The van der Waals surface area contributed by atoms with Crippen LogP contribution in [0.4, 0.5) is 0 Å². The lowest BCUT2D eigenvalue weighted by molar-refractivity contribution is 0.280. The smallest absolute Gasteiger partial charge is 0.0293 e. The van der Waals surface area contributed by atoms with Crippen LogP contribution in [-0.4, -0.2) is 36.1 Å².